The minimum Gasteiger partial charge on any atom is -0.359 e. The second kappa shape index (κ2) is 7.64. The van der Waals surface area contributed by atoms with Crippen molar-refractivity contribution in [3.8, 4) is 0 Å². The Hall–Kier alpha value is -2.29. The van der Waals surface area contributed by atoms with Gasteiger partial charge in [0, 0.05) is 12.2 Å². The van der Waals surface area contributed by atoms with Gasteiger partial charge in [-0.05, 0) is 24.6 Å². The summed E-state index contributed by atoms with van der Waals surface area (Å²) in [7, 11) is 0. The Balaban J connectivity index is 2.41. The van der Waals surface area contributed by atoms with Crippen molar-refractivity contribution in [3.63, 3.8) is 0 Å². The Morgan fingerprint density at radius 2 is 1.86 bits per heavy atom. The lowest BCUT2D eigenvalue weighted by Gasteiger charge is -2.14. The zero-order chi connectivity index (χ0) is 16.8. The molecule has 3 amide bonds. The highest BCUT2D eigenvalue weighted by Gasteiger charge is 2.29. The molecule has 0 aliphatic rings. The van der Waals surface area contributed by atoms with Gasteiger partial charge in [0.15, 0.2) is 0 Å². The van der Waals surface area contributed by atoms with Crippen LogP contribution >= 0.6 is 0 Å². The number of carbonyl (C=O) groups is 2. The first kappa shape index (κ1) is 17.8. The molecule has 6 nitrogen and oxygen atoms in total. The first-order chi connectivity index (χ1) is 10.2. The van der Waals surface area contributed by atoms with Gasteiger partial charge >= 0.3 is 12.2 Å². The lowest BCUT2D eigenvalue weighted by Crippen LogP contribution is -2.36. The number of hydrogen-bond acceptors (Lipinski definition) is 3. The average molecular weight is 319 g/mol. The van der Waals surface area contributed by atoms with Crippen LogP contribution in [-0.2, 0) is 16.1 Å². The van der Waals surface area contributed by atoms with E-state index in [2.05, 4.69) is 15.4 Å². The third-order valence-corrected chi connectivity index (χ3v) is 2.55. The molecule has 0 bridgehead atoms. The quantitative estimate of drug-likeness (QED) is 0.746. The summed E-state index contributed by atoms with van der Waals surface area (Å²) < 4.78 is 40.3. The zero-order valence-corrected chi connectivity index (χ0v) is 11.7. The summed E-state index contributed by atoms with van der Waals surface area (Å²) in [6, 6.07) is 5.72. The Labute approximate surface area is 124 Å². The SMILES string of the molecule is CC(OCC(F)(F)F)C(=O)NCc1ccc(NC(N)=O)cc1. The molecule has 0 aliphatic carbocycles. The van der Waals surface area contributed by atoms with Gasteiger partial charge in [-0.2, -0.15) is 13.2 Å². The number of nitrogens with two attached hydrogens (primary N) is 1. The Morgan fingerprint density at radius 3 is 2.36 bits per heavy atom. The summed E-state index contributed by atoms with van der Waals surface area (Å²) in [5, 5.41) is 4.82. The number of halogens is 3. The number of rotatable bonds is 6. The van der Waals surface area contributed by atoms with E-state index in [1.165, 1.54) is 6.92 Å². The molecule has 0 saturated carbocycles. The van der Waals surface area contributed by atoms with Gasteiger partial charge in [-0.15, -0.1) is 0 Å². The summed E-state index contributed by atoms with van der Waals surface area (Å²) in [5.74, 6) is -0.649. The van der Waals surface area contributed by atoms with Crippen LogP contribution in [0.25, 0.3) is 0 Å². The van der Waals surface area contributed by atoms with Crippen LogP contribution in [0.15, 0.2) is 24.3 Å². The second-order valence-electron chi connectivity index (χ2n) is 4.47. The molecule has 122 valence electrons. The molecule has 1 aromatic carbocycles. The third kappa shape index (κ3) is 6.93. The zero-order valence-electron chi connectivity index (χ0n) is 11.7. The van der Waals surface area contributed by atoms with E-state index in [1.807, 2.05) is 0 Å². The average Bonchev–Trinajstić information content (AvgIpc) is 2.42. The number of primary amides is 1. The van der Waals surface area contributed by atoms with Crippen molar-refractivity contribution in [2.45, 2.75) is 25.7 Å². The summed E-state index contributed by atoms with van der Waals surface area (Å²) in [6.45, 7) is -0.120. The van der Waals surface area contributed by atoms with E-state index in [4.69, 9.17) is 5.73 Å². The second-order valence-corrected chi connectivity index (χ2v) is 4.47. The van der Waals surface area contributed by atoms with Gasteiger partial charge in [-0.3, -0.25) is 4.79 Å². The monoisotopic (exact) mass is 319 g/mol. The molecule has 0 saturated heterocycles. The van der Waals surface area contributed by atoms with E-state index in [1.54, 1.807) is 24.3 Å². The highest BCUT2D eigenvalue weighted by atomic mass is 19.4. The van der Waals surface area contributed by atoms with Crippen molar-refractivity contribution in [1.29, 1.82) is 0 Å². The molecular weight excluding hydrogens is 303 g/mol. The van der Waals surface area contributed by atoms with E-state index in [0.717, 1.165) is 0 Å². The molecule has 1 aromatic rings. The number of benzene rings is 1. The number of anilines is 1. The number of hydrogen-bond donors (Lipinski definition) is 3. The van der Waals surface area contributed by atoms with Crippen molar-refractivity contribution in [2.24, 2.45) is 5.73 Å². The Morgan fingerprint density at radius 1 is 1.27 bits per heavy atom. The van der Waals surface area contributed by atoms with E-state index in [9.17, 15) is 22.8 Å². The molecule has 0 aliphatic heterocycles. The number of urea groups is 1. The number of carbonyl (C=O) groups excluding carboxylic acids is 2. The maximum Gasteiger partial charge on any atom is 0.411 e. The normalized spacial score (nSPS) is 12.5. The molecule has 22 heavy (non-hydrogen) atoms. The van der Waals surface area contributed by atoms with Gasteiger partial charge in [0.05, 0.1) is 0 Å². The molecule has 1 rings (SSSR count). The van der Waals surface area contributed by atoms with E-state index >= 15 is 0 Å². The van der Waals surface area contributed by atoms with Crippen molar-refractivity contribution in [3.05, 3.63) is 29.8 Å². The number of amides is 3. The van der Waals surface area contributed by atoms with Gasteiger partial charge in [0.2, 0.25) is 5.91 Å². The fraction of sp³-hybridized carbons (Fsp3) is 0.385. The molecular formula is C13H16F3N3O3. The maximum absolute atomic E-state index is 12.0. The molecule has 1 unspecified atom stereocenters. The number of alkyl halides is 3. The van der Waals surface area contributed by atoms with Crippen LogP contribution in [0.2, 0.25) is 0 Å². The molecule has 1 atom stereocenters. The fourth-order valence-corrected chi connectivity index (χ4v) is 1.48. The summed E-state index contributed by atoms with van der Waals surface area (Å²) in [4.78, 5) is 22.2. The predicted octanol–water partition coefficient (Wildman–Crippen LogP) is 1.76. The molecule has 4 N–H and O–H groups in total. The molecule has 0 radical (unpaired) electrons. The van der Waals surface area contributed by atoms with Gasteiger partial charge in [-0.1, -0.05) is 12.1 Å². The van der Waals surface area contributed by atoms with E-state index < -0.39 is 30.8 Å². The minimum atomic E-state index is -4.47. The fourth-order valence-electron chi connectivity index (χ4n) is 1.48. The molecule has 0 aromatic heterocycles. The number of ether oxygens (including phenoxy) is 1. The lowest BCUT2D eigenvalue weighted by molar-refractivity contribution is -0.185. The van der Waals surface area contributed by atoms with E-state index in [0.29, 0.717) is 11.3 Å². The Bertz CT molecular complexity index is 518. The first-order valence-corrected chi connectivity index (χ1v) is 6.29. The molecule has 0 fully saturated rings. The van der Waals surface area contributed by atoms with Crippen LogP contribution in [0.5, 0.6) is 0 Å². The molecule has 9 heteroatoms. The van der Waals surface area contributed by atoms with Gasteiger partial charge in [0.25, 0.3) is 0 Å². The van der Waals surface area contributed by atoms with Crippen molar-refractivity contribution in [2.75, 3.05) is 11.9 Å². The smallest absolute Gasteiger partial charge is 0.359 e. The van der Waals surface area contributed by atoms with Crippen LogP contribution in [0, 0.1) is 0 Å². The largest absolute Gasteiger partial charge is 0.411 e. The predicted molar refractivity (Wildman–Crippen MR) is 73.0 cm³/mol. The van der Waals surface area contributed by atoms with Crippen molar-refractivity contribution in [1.82, 2.24) is 5.32 Å². The van der Waals surface area contributed by atoms with Crippen molar-refractivity contribution < 1.29 is 27.5 Å². The Kier molecular flexibility index (Phi) is 6.17. The topological polar surface area (TPSA) is 93.4 Å². The van der Waals surface area contributed by atoms with Crippen LogP contribution in [0.3, 0.4) is 0 Å². The minimum absolute atomic E-state index is 0.120. The van der Waals surface area contributed by atoms with Crippen molar-refractivity contribution >= 4 is 17.6 Å². The highest BCUT2D eigenvalue weighted by molar-refractivity contribution is 5.87. The van der Waals surface area contributed by atoms with Crippen LogP contribution < -0.4 is 16.4 Å². The standard InChI is InChI=1S/C13H16F3N3O3/c1-8(22-7-13(14,15)16)11(20)18-6-9-2-4-10(5-3-9)19-12(17)21/h2-5,8H,6-7H2,1H3,(H,18,20)(H3,17,19,21). The van der Waals surface area contributed by atoms with Crippen LogP contribution in [0.1, 0.15) is 12.5 Å². The molecule has 0 heterocycles. The van der Waals surface area contributed by atoms with E-state index in [-0.39, 0.29) is 6.54 Å². The summed E-state index contributed by atoms with van der Waals surface area (Å²) in [5.41, 5.74) is 6.14. The lowest BCUT2D eigenvalue weighted by atomic mass is 10.2. The number of nitrogens with one attached hydrogen (secondary N) is 2. The maximum atomic E-state index is 12.0. The third-order valence-electron chi connectivity index (χ3n) is 2.55. The van der Waals surface area contributed by atoms with Gasteiger partial charge < -0.3 is 21.1 Å². The molecule has 0 spiro atoms. The first-order valence-electron chi connectivity index (χ1n) is 6.29. The summed E-state index contributed by atoms with van der Waals surface area (Å²) >= 11 is 0. The van der Waals surface area contributed by atoms with Gasteiger partial charge in [0.1, 0.15) is 12.7 Å². The van der Waals surface area contributed by atoms with Gasteiger partial charge in [-0.25, -0.2) is 4.79 Å². The summed E-state index contributed by atoms with van der Waals surface area (Å²) in [6.07, 6.45) is -5.69. The van der Waals surface area contributed by atoms with Crippen LogP contribution in [-0.4, -0.2) is 30.8 Å². The van der Waals surface area contributed by atoms with Crippen LogP contribution in [0.4, 0.5) is 23.7 Å². The highest BCUT2D eigenvalue weighted by Crippen LogP contribution is 2.15.